The molecule has 2 aromatic rings. The van der Waals surface area contributed by atoms with E-state index in [-0.39, 0.29) is 29.2 Å². The number of likely N-dealkylation sites (tertiary alicyclic amines) is 1. The number of hydrogen-bond acceptors (Lipinski definition) is 4. The van der Waals surface area contributed by atoms with Crippen molar-refractivity contribution >= 4 is 11.8 Å². The van der Waals surface area contributed by atoms with Crippen LogP contribution in [0.3, 0.4) is 0 Å². The number of hydrogen-bond donors (Lipinski definition) is 2. The third-order valence-corrected chi connectivity index (χ3v) is 4.44. The highest BCUT2D eigenvalue weighted by Crippen LogP contribution is 2.20. The first-order valence-electron chi connectivity index (χ1n) is 8.34. The summed E-state index contributed by atoms with van der Waals surface area (Å²) in [5.74, 6) is -0.303. The molecule has 6 nitrogen and oxygen atoms in total. The highest BCUT2D eigenvalue weighted by Gasteiger charge is 2.25. The Balaban J connectivity index is 1.56. The number of piperidine rings is 1. The second kappa shape index (κ2) is 7.34. The standard InChI is InChI=1S/C19H21N3O3/c1-13-2-3-16(17(23)12-13)18(24)21-15-6-10-22(11-7-15)19(25)14-4-8-20-9-5-14/h2-5,8-9,12,15,23H,6-7,10-11H2,1H3,(H,21,24). The Bertz CT molecular complexity index is 769. The Kier molecular flexibility index (Phi) is 4.97. The van der Waals surface area contributed by atoms with Crippen LogP contribution < -0.4 is 5.32 Å². The molecule has 0 spiro atoms. The summed E-state index contributed by atoms with van der Waals surface area (Å²) in [7, 11) is 0. The van der Waals surface area contributed by atoms with Crippen molar-refractivity contribution in [2.45, 2.75) is 25.8 Å². The lowest BCUT2D eigenvalue weighted by molar-refractivity contribution is 0.0698. The molecular formula is C19H21N3O3. The molecule has 0 bridgehead atoms. The van der Waals surface area contributed by atoms with Crippen molar-refractivity contribution in [3.8, 4) is 5.75 Å². The normalized spacial score (nSPS) is 15.0. The van der Waals surface area contributed by atoms with Crippen molar-refractivity contribution in [2.24, 2.45) is 0 Å². The number of nitrogens with one attached hydrogen (secondary N) is 1. The number of carbonyl (C=O) groups is 2. The van der Waals surface area contributed by atoms with Crippen LogP contribution in [0, 0.1) is 6.92 Å². The Hall–Kier alpha value is -2.89. The lowest BCUT2D eigenvalue weighted by Crippen LogP contribution is -2.46. The molecule has 3 rings (SSSR count). The lowest BCUT2D eigenvalue weighted by atomic mass is 10.0. The third-order valence-electron chi connectivity index (χ3n) is 4.44. The number of pyridine rings is 1. The summed E-state index contributed by atoms with van der Waals surface area (Å²) in [5, 5.41) is 12.9. The number of aromatic hydroxyl groups is 1. The number of carbonyl (C=O) groups excluding carboxylic acids is 2. The van der Waals surface area contributed by atoms with Crippen molar-refractivity contribution in [1.82, 2.24) is 15.2 Å². The number of aromatic nitrogens is 1. The van der Waals surface area contributed by atoms with Gasteiger partial charge in [0.05, 0.1) is 5.56 Å². The number of rotatable bonds is 3. The van der Waals surface area contributed by atoms with Gasteiger partial charge < -0.3 is 15.3 Å². The van der Waals surface area contributed by atoms with Gasteiger partial charge in [-0.1, -0.05) is 6.07 Å². The molecule has 1 fully saturated rings. The van der Waals surface area contributed by atoms with Crippen LogP contribution in [0.1, 0.15) is 39.1 Å². The number of phenolic OH excluding ortho intramolecular Hbond substituents is 1. The fraction of sp³-hybridized carbons (Fsp3) is 0.316. The molecule has 6 heteroatoms. The maximum atomic E-state index is 12.4. The average Bonchev–Trinajstić information content (AvgIpc) is 2.62. The second-order valence-electron chi connectivity index (χ2n) is 6.30. The second-order valence-corrected chi connectivity index (χ2v) is 6.30. The van der Waals surface area contributed by atoms with Gasteiger partial charge in [-0.2, -0.15) is 0 Å². The largest absolute Gasteiger partial charge is 0.507 e. The van der Waals surface area contributed by atoms with Gasteiger partial charge in [-0.3, -0.25) is 14.6 Å². The molecule has 0 radical (unpaired) electrons. The van der Waals surface area contributed by atoms with Gasteiger partial charge in [-0.15, -0.1) is 0 Å². The van der Waals surface area contributed by atoms with Gasteiger partial charge >= 0.3 is 0 Å². The number of phenols is 1. The molecule has 0 unspecified atom stereocenters. The summed E-state index contributed by atoms with van der Waals surface area (Å²) < 4.78 is 0. The van der Waals surface area contributed by atoms with Crippen molar-refractivity contribution < 1.29 is 14.7 Å². The first-order chi connectivity index (χ1) is 12.0. The molecule has 2 amide bonds. The van der Waals surface area contributed by atoms with Crippen molar-refractivity contribution in [1.29, 1.82) is 0 Å². The molecule has 0 atom stereocenters. The molecule has 0 saturated carbocycles. The maximum absolute atomic E-state index is 12.4. The molecule has 1 aromatic carbocycles. The molecule has 1 aliphatic rings. The summed E-state index contributed by atoms with van der Waals surface area (Å²) in [6.45, 7) is 3.04. The SMILES string of the molecule is Cc1ccc(C(=O)NC2CCN(C(=O)c3ccncc3)CC2)c(O)c1. The van der Waals surface area contributed by atoms with Crippen LogP contribution in [0.4, 0.5) is 0 Å². The number of aryl methyl sites for hydroxylation is 1. The molecule has 2 heterocycles. The molecule has 130 valence electrons. The third kappa shape index (κ3) is 3.96. The van der Waals surface area contributed by atoms with Crippen molar-refractivity contribution in [3.63, 3.8) is 0 Å². The quantitative estimate of drug-likeness (QED) is 0.897. The van der Waals surface area contributed by atoms with Crippen molar-refractivity contribution in [2.75, 3.05) is 13.1 Å². The van der Waals surface area contributed by atoms with E-state index >= 15 is 0 Å². The highest BCUT2D eigenvalue weighted by atomic mass is 16.3. The Morgan fingerprint density at radius 1 is 1.16 bits per heavy atom. The molecular weight excluding hydrogens is 318 g/mol. The lowest BCUT2D eigenvalue weighted by Gasteiger charge is -2.32. The molecule has 0 aliphatic carbocycles. The van der Waals surface area contributed by atoms with E-state index in [1.54, 1.807) is 47.6 Å². The van der Waals surface area contributed by atoms with Crippen LogP contribution in [0.25, 0.3) is 0 Å². The number of nitrogens with zero attached hydrogens (tertiary/aromatic N) is 2. The maximum Gasteiger partial charge on any atom is 0.255 e. The van der Waals surface area contributed by atoms with Gasteiger partial charge in [0.15, 0.2) is 0 Å². The highest BCUT2D eigenvalue weighted by molar-refractivity contribution is 5.97. The van der Waals surface area contributed by atoms with Crippen LogP contribution in [-0.4, -0.2) is 45.9 Å². The molecule has 1 aliphatic heterocycles. The Labute approximate surface area is 146 Å². The molecule has 1 aromatic heterocycles. The van der Waals surface area contributed by atoms with Crippen LogP contribution in [0.2, 0.25) is 0 Å². The van der Waals surface area contributed by atoms with Gasteiger partial charge in [0.2, 0.25) is 0 Å². The predicted octanol–water partition coefficient (Wildman–Crippen LogP) is 2.13. The van der Waals surface area contributed by atoms with Crippen molar-refractivity contribution in [3.05, 3.63) is 59.4 Å². The fourth-order valence-corrected chi connectivity index (χ4v) is 3.00. The van der Waals surface area contributed by atoms with E-state index in [0.29, 0.717) is 31.5 Å². The smallest absolute Gasteiger partial charge is 0.255 e. The van der Waals surface area contributed by atoms with E-state index < -0.39 is 0 Å². The Morgan fingerprint density at radius 2 is 1.84 bits per heavy atom. The van der Waals surface area contributed by atoms with Gasteiger partial charge in [-0.25, -0.2) is 0 Å². The minimum Gasteiger partial charge on any atom is -0.507 e. The van der Waals surface area contributed by atoms with Crippen LogP contribution in [0.15, 0.2) is 42.7 Å². The summed E-state index contributed by atoms with van der Waals surface area (Å²) in [6, 6.07) is 8.40. The summed E-state index contributed by atoms with van der Waals surface area (Å²) >= 11 is 0. The van der Waals surface area contributed by atoms with Crippen LogP contribution in [0.5, 0.6) is 5.75 Å². The van der Waals surface area contributed by atoms with E-state index in [1.165, 1.54) is 0 Å². The number of benzene rings is 1. The zero-order chi connectivity index (χ0) is 17.8. The van der Waals surface area contributed by atoms with Gasteiger partial charge in [-0.05, 0) is 49.6 Å². The molecule has 2 N–H and O–H groups in total. The first-order valence-corrected chi connectivity index (χ1v) is 8.34. The molecule has 1 saturated heterocycles. The van der Waals surface area contributed by atoms with E-state index in [0.717, 1.165) is 5.56 Å². The van der Waals surface area contributed by atoms with Gasteiger partial charge in [0, 0.05) is 37.1 Å². The number of amides is 2. The van der Waals surface area contributed by atoms with Gasteiger partial charge in [0.1, 0.15) is 5.75 Å². The fourth-order valence-electron chi connectivity index (χ4n) is 3.00. The summed E-state index contributed by atoms with van der Waals surface area (Å²) in [4.78, 5) is 30.4. The Morgan fingerprint density at radius 3 is 2.48 bits per heavy atom. The molecule has 25 heavy (non-hydrogen) atoms. The summed E-state index contributed by atoms with van der Waals surface area (Å²) in [6.07, 6.45) is 4.59. The predicted molar refractivity (Wildman–Crippen MR) is 93.5 cm³/mol. The minimum absolute atomic E-state index is 0.00491. The monoisotopic (exact) mass is 339 g/mol. The van der Waals surface area contributed by atoms with E-state index in [4.69, 9.17) is 0 Å². The van der Waals surface area contributed by atoms with Gasteiger partial charge in [0.25, 0.3) is 11.8 Å². The van der Waals surface area contributed by atoms with Crippen LogP contribution >= 0.6 is 0 Å². The average molecular weight is 339 g/mol. The topological polar surface area (TPSA) is 82.5 Å². The minimum atomic E-state index is -0.281. The summed E-state index contributed by atoms with van der Waals surface area (Å²) in [5.41, 5.74) is 1.81. The zero-order valence-corrected chi connectivity index (χ0v) is 14.1. The van der Waals surface area contributed by atoms with E-state index in [9.17, 15) is 14.7 Å². The zero-order valence-electron chi connectivity index (χ0n) is 14.1. The van der Waals surface area contributed by atoms with E-state index in [1.807, 2.05) is 6.92 Å². The van der Waals surface area contributed by atoms with E-state index in [2.05, 4.69) is 10.3 Å². The first kappa shape index (κ1) is 17.0. The van der Waals surface area contributed by atoms with Crippen LogP contribution in [-0.2, 0) is 0 Å².